The number of carbonyl (C=O) groups excluding carboxylic acids is 2. The number of amides is 2. The molecule has 0 aliphatic carbocycles. The topological polar surface area (TPSA) is 49.9 Å². The van der Waals surface area contributed by atoms with Gasteiger partial charge in [0.25, 0.3) is 0 Å². The zero-order chi connectivity index (χ0) is 17.2. The minimum absolute atomic E-state index is 0.0136. The molecule has 1 saturated heterocycles. The third kappa shape index (κ3) is 3.09. The van der Waals surface area contributed by atoms with E-state index in [9.17, 15) is 9.59 Å². The lowest BCUT2D eigenvalue weighted by atomic mass is 10.1. The molecule has 0 N–H and O–H groups in total. The quantitative estimate of drug-likeness (QED) is 0.865. The maximum absolute atomic E-state index is 13.0. The Hall–Kier alpha value is -2.82. The molecular weight excluding hydrogens is 316 g/mol. The molecule has 128 valence electrons. The van der Waals surface area contributed by atoms with Gasteiger partial charge in [0.05, 0.1) is 18.2 Å². The summed E-state index contributed by atoms with van der Waals surface area (Å²) in [7, 11) is 0. The van der Waals surface area contributed by atoms with Crippen LogP contribution in [0.5, 0.6) is 5.75 Å². The van der Waals surface area contributed by atoms with E-state index in [4.69, 9.17) is 4.74 Å². The summed E-state index contributed by atoms with van der Waals surface area (Å²) in [6.45, 7) is 2.05. The minimum Gasteiger partial charge on any atom is -0.490 e. The lowest BCUT2D eigenvalue weighted by Crippen LogP contribution is -2.42. The maximum atomic E-state index is 13.0. The molecule has 2 amide bonds. The normalized spacial score (nSPS) is 19.5. The van der Waals surface area contributed by atoms with Crippen LogP contribution in [-0.2, 0) is 16.1 Å². The summed E-state index contributed by atoms with van der Waals surface area (Å²) in [5, 5.41) is 0. The van der Waals surface area contributed by atoms with Crippen molar-refractivity contribution in [1.82, 2.24) is 4.90 Å². The second kappa shape index (κ2) is 6.59. The highest BCUT2D eigenvalue weighted by atomic mass is 16.5. The number of para-hydroxylation sites is 2. The van der Waals surface area contributed by atoms with Crippen molar-refractivity contribution in [2.45, 2.75) is 13.0 Å². The fraction of sp³-hybridized carbons (Fsp3) is 0.300. The maximum Gasteiger partial charge on any atom is 0.232 e. The van der Waals surface area contributed by atoms with Gasteiger partial charge in [-0.15, -0.1) is 0 Å². The van der Waals surface area contributed by atoms with E-state index in [1.165, 1.54) is 0 Å². The number of rotatable bonds is 3. The number of benzene rings is 2. The van der Waals surface area contributed by atoms with Crippen LogP contribution < -0.4 is 9.64 Å². The predicted octanol–water partition coefficient (Wildman–Crippen LogP) is 2.46. The summed E-state index contributed by atoms with van der Waals surface area (Å²) in [5.74, 6) is 0.498. The first kappa shape index (κ1) is 15.7. The van der Waals surface area contributed by atoms with Crippen LogP contribution in [0.25, 0.3) is 0 Å². The van der Waals surface area contributed by atoms with Crippen LogP contribution in [0, 0.1) is 5.92 Å². The summed E-state index contributed by atoms with van der Waals surface area (Å²) in [5.41, 5.74) is 1.88. The number of fused-ring (bicyclic) bond motifs is 1. The molecule has 0 bridgehead atoms. The van der Waals surface area contributed by atoms with Gasteiger partial charge in [0.1, 0.15) is 12.4 Å². The van der Waals surface area contributed by atoms with Gasteiger partial charge in [-0.2, -0.15) is 0 Å². The van der Waals surface area contributed by atoms with E-state index in [-0.39, 0.29) is 24.2 Å². The summed E-state index contributed by atoms with van der Waals surface area (Å²) < 4.78 is 5.62. The SMILES string of the molecule is O=C1CC(C(=O)N2CCOc3ccccc32)CN1Cc1ccccc1. The average molecular weight is 336 g/mol. The van der Waals surface area contributed by atoms with Crippen molar-refractivity contribution in [2.75, 3.05) is 24.6 Å². The van der Waals surface area contributed by atoms with Gasteiger partial charge in [-0.3, -0.25) is 9.59 Å². The molecule has 0 saturated carbocycles. The highest BCUT2D eigenvalue weighted by Crippen LogP contribution is 2.33. The Labute approximate surface area is 146 Å². The lowest BCUT2D eigenvalue weighted by Gasteiger charge is -2.31. The van der Waals surface area contributed by atoms with Crippen molar-refractivity contribution >= 4 is 17.5 Å². The Kier molecular flexibility index (Phi) is 4.14. The molecule has 2 aliphatic heterocycles. The van der Waals surface area contributed by atoms with Crippen molar-refractivity contribution < 1.29 is 14.3 Å². The van der Waals surface area contributed by atoms with Gasteiger partial charge in [0.2, 0.25) is 11.8 Å². The van der Waals surface area contributed by atoms with Crippen molar-refractivity contribution in [3.8, 4) is 5.75 Å². The second-order valence-corrected chi connectivity index (χ2v) is 6.47. The van der Waals surface area contributed by atoms with Gasteiger partial charge in [-0.05, 0) is 17.7 Å². The smallest absolute Gasteiger partial charge is 0.232 e. The highest BCUT2D eigenvalue weighted by Gasteiger charge is 2.38. The average Bonchev–Trinajstić information content (AvgIpc) is 3.02. The van der Waals surface area contributed by atoms with E-state index in [2.05, 4.69) is 0 Å². The van der Waals surface area contributed by atoms with Crippen LogP contribution in [0.2, 0.25) is 0 Å². The van der Waals surface area contributed by atoms with Gasteiger partial charge in [0, 0.05) is 19.5 Å². The molecule has 2 heterocycles. The van der Waals surface area contributed by atoms with E-state index in [0.717, 1.165) is 17.0 Å². The number of hydrogen-bond acceptors (Lipinski definition) is 3. The Morgan fingerprint density at radius 2 is 1.84 bits per heavy atom. The molecule has 25 heavy (non-hydrogen) atoms. The van der Waals surface area contributed by atoms with E-state index < -0.39 is 0 Å². The Morgan fingerprint density at radius 1 is 1.08 bits per heavy atom. The van der Waals surface area contributed by atoms with E-state index in [1.54, 1.807) is 9.80 Å². The van der Waals surface area contributed by atoms with Crippen molar-refractivity contribution in [3.05, 3.63) is 60.2 Å². The first-order valence-corrected chi connectivity index (χ1v) is 8.57. The van der Waals surface area contributed by atoms with Crippen LogP contribution in [0.3, 0.4) is 0 Å². The van der Waals surface area contributed by atoms with Gasteiger partial charge in [0.15, 0.2) is 0 Å². The van der Waals surface area contributed by atoms with Crippen LogP contribution in [0.15, 0.2) is 54.6 Å². The fourth-order valence-electron chi connectivity index (χ4n) is 3.51. The van der Waals surface area contributed by atoms with Crippen molar-refractivity contribution in [2.24, 2.45) is 5.92 Å². The Morgan fingerprint density at radius 3 is 2.68 bits per heavy atom. The number of carbonyl (C=O) groups is 2. The largest absolute Gasteiger partial charge is 0.490 e. The fourth-order valence-corrected chi connectivity index (χ4v) is 3.51. The van der Waals surface area contributed by atoms with Crippen molar-refractivity contribution in [1.29, 1.82) is 0 Å². The summed E-state index contributed by atoms with van der Waals surface area (Å²) in [4.78, 5) is 28.9. The summed E-state index contributed by atoms with van der Waals surface area (Å²) >= 11 is 0. The van der Waals surface area contributed by atoms with Gasteiger partial charge in [-0.25, -0.2) is 0 Å². The van der Waals surface area contributed by atoms with Crippen LogP contribution >= 0.6 is 0 Å². The van der Waals surface area contributed by atoms with E-state index in [0.29, 0.717) is 26.2 Å². The van der Waals surface area contributed by atoms with Gasteiger partial charge in [-0.1, -0.05) is 42.5 Å². The zero-order valence-corrected chi connectivity index (χ0v) is 13.9. The molecule has 1 fully saturated rings. The van der Waals surface area contributed by atoms with E-state index in [1.807, 2.05) is 54.6 Å². The third-order valence-electron chi connectivity index (χ3n) is 4.77. The molecule has 1 atom stereocenters. The molecule has 2 aromatic carbocycles. The van der Waals surface area contributed by atoms with Crippen LogP contribution in [0.1, 0.15) is 12.0 Å². The number of ether oxygens (including phenoxy) is 1. The van der Waals surface area contributed by atoms with Crippen LogP contribution in [-0.4, -0.2) is 36.4 Å². The molecule has 4 rings (SSSR count). The molecule has 0 radical (unpaired) electrons. The number of nitrogens with zero attached hydrogens (tertiary/aromatic N) is 2. The van der Waals surface area contributed by atoms with Crippen LogP contribution in [0.4, 0.5) is 5.69 Å². The molecule has 5 heteroatoms. The number of anilines is 1. The summed E-state index contributed by atoms with van der Waals surface area (Å²) in [6.07, 6.45) is 0.283. The Bertz CT molecular complexity index is 791. The standard InChI is InChI=1S/C20H20N2O3/c23-19-12-16(14-21(19)13-15-6-2-1-3-7-15)20(24)22-10-11-25-18-9-5-4-8-17(18)22/h1-9,16H,10-14H2. The highest BCUT2D eigenvalue weighted by molar-refractivity contribution is 6.00. The monoisotopic (exact) mass is 336 g/mol. The first-order valence-electron chi connectivity index (χ1n) is 8.57. The minimum atomic E-state index is -0.289. The first-order chi connectivity index (χ1) is 12.2. The zero-order valence-electron chi connectivity index (χ0n) is 13.9. The molecule has 0 spiro atoms. The number of hydrogen-bond donors (Lipinski definition) is 0. The predicted molar refractivity (Wildman–Crippen MR) is 94.3 cm³/mol. The molecule has 1 unspecified atom stereocenters. The van der Waals surface area contributed by atoms with Gasteiger partial charge < -0.3 is 14.5 Å². The third-order valence-corrected chi connectivity index (χ3v) is 4.77. The number of likely N-dealkylation sites (tertiary alicyclic amines) is 1. The Balaban J connectivity index is 1.48. The van der Waals surface area contributed by atoms with Crippen molar-refractivity contribution in [3.63, 3.8) is 0 Å². The summed E-state index contributed by atoms with van der Waals surface area (Å²) in [6, 6.07) is 17.4. The molecular formula is C20H20N2O3. The molecule has 2 aromatic rings. The van der Waals surface area contributed by atoms with Gasteiger partial charge >= 0.3 is 0 Å². The second-order valence-electron chi connectivity index (χ2n) is 6.47. The molecule has 2 aliphatic rings. The lowest BCUT2D eigenvalue weighted by molar-refractivity contribution is -0.128. The molecule has 5 nitrogen and oxygen atoms in total. The van der Waals surface area contributed by atoms with E-state index >= 15 is 0 Å². The molecule has 0 aromatic heterocycles.